The summed E-state index contributed by atoms with van der Waals surface area (Å²) in [7, 11) is 0. The maximum absolute atomic E-state index is 12.0. The Kier molecular flexibility index (Phi) is 12.5. The molecule has 0 N–H and O–H groups in total. The summed E-state index contributed by atoms with van der Waals surface area (Å²) in [4.78, 5) is 11.8. The molecular weight excluding hydrogens is 406 g/mol. The number of hydrogen-bond acceptors (Lipinski definition) is 2. The topological polar surface area (TPSA) is 43.1 Å². The highest BCUT2D eigenvalue weighted by molar-refractivity contribution is 5.90. The minimum absolute atomic E-state index is 0.132. The summed E-state index contributed by atoms with van der Waals surface area (Å²) in [5, 5.41) is 12.0. The highest BCUT2D eigenvalue weighted by Gasteiger charge is 2.23. The summed E-state index contributed by atoms with van der Waals surface area (Å²) in [6.45, 7) is 12.0. The van der Waals surface area contributed by atoms with Crippen LogP contribution < -0.4 is 0 Å². The third-order valence-electron chi connectivity index (χ3n) is 4.57. The second kappa shape index (κ2) is 15.1. The zero-order valence-corrected chi connectivity index (χ0v) is 20.6. The summed E-state index contributed by atoms with van der Waals surface area (Å²) in [6, 6.07) is 32.8. The lowest BCUT2D eigenvalue weighted by molar-refractivity contribution is -0.383. The number of nitro groups is 1. The van der Waals surface area contributed by atoms with E-state index < -0.39 is 0 Å². The van der Waals surface area contributed by atoms with Gasteiger partial charge in [0.25, 0.3) is 5.69 Å². The Morgan fingerprint density at radius 3 is 1.09 bits per heavy atom. The molecule has 0 atom stereocenters. The van der Waals surface area contributed by atoms with Gasteiger partial charge in [-0.3, -0.25) is 10.1 Å². The van der Waals surface area contributed by atoms with Crippen LogP contribution >= 0.6 is 0 Å². The lowest BCUT2D eigenvalue weighted by Crippen LogP contribution is -1.97. The van der Waals surface area contributed by atoms with E-state index in [0.717, 1.165) is 22.3 Å². The van der Waals surface area contributed by atoms with Crippen LogP contribution in [0, 0.1) is 10.1 Å². The zero-order chi connectivity index (χ0) is 24.6. The van der Waals surface area contributed by atoms with Crippen molar-refractivity contribution in [2.75, 3.05) is 0 Å². The molecule has 0 bridgehead atoms. The molecule has 0 unspecified atom stereocenters. The monoisotopic (exact) mass is 441 g/mol. The lowest BCUT2D eigenvalue weighted by atomic mass is 9.91. The van der Waals surface area contributed by atoms with Crippen molar-refractivity contribution in [3.05, 3.63) is 113 Å². The second-order valence-electron chi connectivity index (χ2n) is 6.28. The average Bonchev–Trinajstić information content (AvgIpc) is 2.93. The van der Waals surface area contributed by atoms with E-state index in [4.69, 9.17) is 0 Å². The predicted octanol–water partition coefficient (Wildman–Crippen LogP) is 9.67. The van der Waals surface area contributed by atoms with Gasteiger partial charge in [0, 0.05) is 0 Å². The molecule has 33 heavy (non-hydrogen) atoms. The minimum Gasteiger partial charge on any atom is -0.258 e. The van der Waals surface area contributed by atoms with Crippen LogP contribution in [0.3, 0.4) is 0 Å². The molecule has 0 spiro atoms. The smallest absolute Gasteiger partial charge is 0.258 e. The Hall–Kier alpha value is -3.72. The molecule has 0 aliphatic rings. The normalized spacial score (nSPS) is 9.15. The molecule has 4 rings (SSSR count). The van der Waals surface area contributed by atoms with E-state index in [1.807, 2.05) is 145 Å². The number of nitro benzene ring substituents is 1. The fourth-order valence-electron chi connectivity index (χ4n) is 3.30. The van der Waals surface area contributed by atoms with Crippen molar-refractivity contribution in [2.45, 2.75) is 41.5 Å². The Morgan fingerprint density at radius 2 is 0.788 bits per heavy atom. The van der Waals surface area contributed by atoms with Gasteiger partial charge in [-0.2, -0.15) is 0 Å². The average molecular weight is 442 g/mol. The first-order valence-electron chi connectivity index (χ1n) is 11.7. The molecule has 0 aliphatic heterocycles. The third kappa shape index (κ3) is 7.15. The summed E-state index contributed by atoms with van der Waals surface area (Å²) in [5.74, 6) is 0. The van der Waals surface area contributed by atoms with Gasteiger partial charge in [0.2, 0.25) is 0 Å². The molecule has 0 aliphatic carbocycles. The van der Waals surface area contributed by atoms with Crippen molar-refractivity contribution >= 4 is 5.69 Å². The van der Waals surface area contributed by atoms with Crippen LogP contribution in [0.2, 0.25) is 0 Å². The summed E-state index contributed by atoms with van der Waals surface area (Å²) >= 11 is 0. The largest absolute Gasteiger partial charge is 0.284 e. The standard InChI is InChI=1S/C24H17NO2.3C2H6/c26-25(27)24-22(19-12-6-2-7-13-19)16-21(18-10-4-1-5-11-18)17-23(24)20-14-8-3-9-15-20;3*1-2/h1-17H;3*1-2H3. The van der Waals surface area contributed by atoms with Gasteiger partial charge in [-0.1, -0.05) is 133 Å². The van der Waals surface area contributed by atoms with Gasteiger partial charge in [0.1, 0.15) is 0 Å². The Morgan fingerprint density at radius 1 is 0.485 bits per heavy atom. The first-order valence-corrected chi connectivity index (χ1v) is 11.7. The van der Waals surface area contributed by atoms with Gasteiger partial charge in [0.15, 0.2) is 0 Å². The van der Waals surface area contributed by atoms with Crippen molar-refractivity contribution in [1.29, 1.82) is 0 Å². The van der Waals surface area contributed by atoms with Crippen LogP contribution in [0.1, 0.15) is 41.5 Å². The van der Waals surface area contributed by atoms with E-state index in [2.05, 4.69) is 0 Å². The molecule has 172 valence electrons. The summed E-state index contributed by atoms with van der Waals surface area (Å²) in [5.41, 5.74) is 5.03. The van der Waals surface area contributed by atoms with E-state index in [1.165, 1.54) is 0 Å². The number of nitrogens with zero attached hydrogens (tertiary/aromatic N) is 1. The Balaban J connectivity index is 0.000000841. The molecule has 3 heteroatoms. The number of rotatable bonds is 4. The van der Waals surface area contributed by atoms with Crippen molar-refractivity contribution in [2.24, 2.45) is 0 Å². The lowest BCUT2D eigenvalue weighted by Gasteiger charge is -2.12. The molecule has 0 saturated heterocycles. The van der Waals surface area contributed by atoms with Gasteiger partial charge in [-0.25, -0.2) is 0 Å². The first-order chi connectivity index (χ1) is 16.2. The Bertz CT molecular complexity index is 1020. The van der Waals surface area contributed by atoms with E-state index >= 15 is 0 Å². The predicted molar refractivity (Wildman–Crippen MR) is 143 cm³/mol. The first kappa shape index (κ1) is 27.3. The molecule has 0 radical (unpaired) electrons. The van der Waals surface area contributed by atoms with Crippen molar-refractivity contribution < 1.29 is 4.92 Å². The summed E-state index contributed by atoms with van der Waals surface area (Å²) < 4.78 is 0. The molecule has 4 aromatic rings. The molecule has 3 nitrogen and oxygen atoms in total. The van der Waals surface area contributed by atoms with Crippen molar-refractivity contribution in [3.63, 3.8) is 0 Å². The SMILES string of the molecule is CC.CC.CC.O=[N+]([O-])c1c(-c2ccccc2)cc(-c2ccccc2)cc1-c1ccccc1. The second-order valence-corrected chi connectivity index (χ2v) is 6.28. The van der Waals surface area contributed by atoms with Gasteiger partial charge in [-0.15, -0.1) is 0 Å². The van der Waals surface area contributed by atoms with Crippen LogP contribution in [0.5, 0.6) is 0 Å². The zero-order valence-electron chi connectivity index (χ0n) is 20.6. The van der Waals surface area contributed by atoms with Crippen molar-refractivity contribution in [1.82, 2.24) is 0 Å². The Labute approximate surface area is 198 Å². The van der Waals surface area contributed by atoms with Crippen LogP contribution in [0.15, 0.2) is 103 Å². The van der Waals surface area contributed by atoms with Crippen LogP contribution in [0.4, 0.5) is 5.69 Å². The van der Waals surface area contributed by atoms with Crippen LogP contribution in [-0.2, 0) is 0 Å². The molecule has 4 aromatic carbocycles. The highest BCUT2D eigenvalue weighted by atomic mass is 16.6. The number of benzene rings is 4. The maximum Gasteiger partial charge on any atom is 0.284 e. The quantitative estimate of drug-likeness (QED) is 0.234. The number of hydrogen-bond donors (Lipinski definition) is 0. The molecule has 0 heterocycles. The van der Waals surface area contributed by atoms with E-state index in [-0.39, 0.29) is 10.6 Å². The molecule has 0 fully saturated rings. The van der Waals surface area contributed by atoms with E-state index in [1.54, 1.807) is 0 Å². The molecular formula is C30H35NO2. The van der Waals surface area contributed by atoms with Crippen molar-refractivity contribution in [3.8, 4) is 33.4 Å². The fraction of sp³-hybridized carbons (Fsp3) is 0.200. The highest BCUT2D eigenvalue weighted by Crippen LogP contribution is 2.42. The molecule has 0 saturated carbocycles. The van der Waals surface area contributed by atoms with Crippen LogP contribution in [0.25, 0.3) is 33.4 Å². The molecule has 0 amide bonds. The minimum atomic E-state index is -0.278. The maximum atomic E-state index is 12.0. The third-order valence-corrected chi connectivity index (χ3v) is 4.57. The fourth-order valence-corrected chi connectivity index (χ4v) is 3.30. The van der Waals surface area contributed by atoms with E-state index in [0.29, 0.717) is 11.1 Å². The van der Waals surface area contributed by atoms with Crippen LogP contribution in [-0.4, -0.2) is 4.92 Å². The molecule has 0 aromatic heterocycles. The van der Waals surface area contributed by atoms with Gasteiger partial charge >= 0.3 is 0 Å². The summed E-state index contributed by atoms with van der Waals surface area (Å²) in [6.07, 6.45) is 0. The van der Waals surface area contributed by atoms with Gasteiger partial charge in [-0.05, 0) is 34.4 Å². The van der Waals surface area contributed by atoms with Gasteiger partial charge in [0.05, 0.1) is 16.1 Å². The van der Waals surface area contributed by atoms with E-state index in [9.17, 15) is 10.1 Å². The van der Waals surface area contributed by atoms with Gasteiger partial charge < -0.3 is 0 Å².